The monoisotopic (exact) mass is 250 g/mol. The molecule has 0 spiro atoms. The molecule has 0 amide bonds. The summed E-state index contributed by atoms with van der Waals surface area (Å²) >= 11 is 0. The first-order valence-electron chi connectivity index (χ1n) is 6.18. The fourth-order valence-corrected chi connectivity index (χ4v) is 2.29. The van der Waals surface area contributed by atoms with Crippen molar-refractivity contribution >= 4 is 17.1 Å². The molecule has 4 N–H and O–H groups in total. The topological polar surface area (TPSA) is 93.2 Å². The van der Waals surface area contributed by atoms with Crippen LogP contribution in [0.5, 0.6) is 0 Å². The normalized spacial score (nSPS) is 21.4. The number of rotatable bonds is 6. The van der Waals surface area contributed by atoms with E-state index in [2.05, 4.69) is 17.7 Å². The van der Waals surface area contributed by atoms with Crippen molar-refractivity contribution in [1.29, 1.82) is 0 Å². The number of nitro groups is 1. The van der Waals surface area contributed by atoms with Gasteiger partial charge in [0.1, 0.15) is 11.4 Å². The second kappa shape index (κ2) is 5.22. The lowest BCUT2D eigenvalue weighted by Crippen LogP contribution is -2.12. The maximum absolute atomic E-state index is 11.1. The van der Waals surface area contributed by atoms with Crippen molar-refractivity contribution in [2.45, 2.75) is 32.2 Å². The summed E-state index contributed by atoms with van der Waals surface area (Å²) in [6.45, 7) is 2.15. The van der Waals surface area contributed by atoms with E-state index in [4.69, 9.17) is 5.84 Å². The van der Waals surface area contributed by atoms with Gasteiger partial charge >= 0.3 is 5.69 Å². The van der Waals surface area contributed by atoms with Crippen molar-refractivity contribution in [2.75, 3.05) is 10.7 Å². The summed E-state index contributed by atoms with van der Waals surface area (Å²) < 4.78 is 0. The lowest BCUT2D eigenvalue weighted by molar-refractivity contribution is -0.383. The van der Waals surface area contributed by atoms with Crippen molar-refractivity contribution < 1.29 is 4.92 Å². The van der Waals surface area contributed by atoms with Gasteiger partial charge in [0, 0.05) is 6.04 Å². The van der Waals surface area contributed by atoms with Crippen molar-refractivity contribution in [2.24, 2.45) is 11.8 Å². The molecule has 1 saturated carbocycles. The Bertz CT molecular complexity index is 450. The number of benzene rings is 1. The molecular formula is C12H18N4O2. The van der Waals surface area contributed by atoms with Crippen LogP contribution in [0.1, 0.15) is 26.2 Å². The Morgan fingerprint density at radius 1 is 1.50 bits per heavy atom. The summed E-state index contributed by atoms with van der Waals surface area (Å²) in [5.74, 6) is 5.94. The number of nitrogens with one attached hydrogen (secondary N) is 2. The van der Waals surface area contributed by atoms with Crippen LogP contribution in [0, 0.1) is 16.0 Å². The summed E-state index contributed by atoms with van der Waals surface area (Å²) in [5, 5.41) is 14.3. The van der Waals surface area contributed by atoms with Gasteiger partial charge in [-0.2, -0.15) is 0 Å². The number of hydrogen-bond donors (Lipinski definition) is 3. The molecular weight excluding hydrogens is 232 g/mol. The molecule has 2 unspecified atom stereocenters. The standard InChI is InChI=1S/C12H18N4O2/c1-2-4-8-7-11(8)14-9-5-3-6-10(15-13)12(9)16(17)18/h3,5-6,8,11,14-15H,2,4,7,13H2,1H3. The molecule has 2 rings (SSSR count). The van der Waals surface area contributed by atoms with Crippen LogP contribution < -0.4 is 16.6 Å². The van der Waals surface area contributed by atoms with Gasteiger partial charge in [0.15, 0.2) is 0 Å². The average Bonchev–Trinajstić information content (AvgIpc) is 3.07. The van der Waals surface area contributed by atoms with Crippen LogP contribution in [0.3, 0.4) is 0 Å². The number of nitrogen functional groups attached to an aromatic ring is 1. The van der Waals surface area contributed by atoms with Gasteiger partial charge in [-0.05, 0) is 30.9 Å². The molecule has 18 heavy (non-hydrogen) atoms. The van der Waals surface area contributed by atoms with E-state index in [1.165, 1.54) is 6.42 Å². The first-order valence-corrected chi connectivity index (χ1v) is 6.18. The lowest BCUT2D eigenvalue weighted by Gasteiger charge is -2.09. The largest absolute Gasteiger partial charge is 0.376 e. The van der Waals surface area contributed by atoms with Crippen LogP contribution in [0.2, 0.25) is 0 Å². The van der Waals surface area contributed by atoms with Gasteiger partial charge in [-0.1, -0.05) is 19.4 Å². The predicted octanol–water partition coefficient (Wildman–Crippen LogP) is 2.48. The maximum Gasteiger partial charge on any atom is 0.316 e. The number of nitrogens with zero attached hydrogens (tertiary/aromatic N) is 1. The van der Waals surface area contributed by atoms with Gasteiger partial charge in [-0.15, -0.1) is 0 Å². The smallest absolute Gasteiger partial charge is 0.316 e. The fraction of sp³-hybridized carbons (Fsp3) is 0.500. The SMILES string of the molecule is CCCC1CC1Nc1cccc(NN)c1[N+](=O)[O-]. The molecule has 1 fully saturated rings. The molecule has 0 aliphatic heterocycles. The van der Waals surface area contributed by atoms with Crippen molar-refractivity contribution in [3.05, 3.63) is 28.3 Å². The van der Waals surface area contributed by atoms with Crippen molar-refractivity contribution in [3.8, 4) is 0 Å². The second-order valence-electron chi connectivity index (χ2n) is 4.64. The van der Waals surface area contributed by atoms with Crippen LogP contribution in [0.25, 0.3) is 0 Å². The zero-order valence-corrected chi connectivity index (χ0v) is 10.3. The Labute approximate surface area is 106 Å². The quantitative estimate of drug-likeness (QED) is 0.409. The van der Waals surface area contributed by atoms with Crippen LogP contribution in [-0.2, 0) is 0 Å². The summed E-state index contributed by atoms with van der Waals surface area (Å²) in [6.07, 6.45) is 3.40. The molecule has 0 heterocycles. The van der Waals surface area contributed by atoms with E-state index in [1.807, 2.05) is 0 Å². The first kappa shape index (κ1) is 12.6. The molecule has 1 aromatic carbocycles. The highest BCUT2D eigenvalue weighted by Gasteiger charge is 2.37. The van der Waals surface area contributed by atoms with Crippen LogP contribution in [-0.4, -0.2) is 11.0 Å². The van der Waals surface area contributed by atoms with E-state index in [0.29, 0.717) is 23.3 Å². The van der Waals surface area contributed by atoms with Gasteiger partial charge < -0.3 is 10.7 Å². The molecule has 1 aliphatic rings. The number of para-hydroxylation sites is 1. The third-order valence-corrected chi connectivity index (χ3v) is 3.30. The fourth-order valence-electron chi connectivity index (χ4n) is 2.29. The number of nitrogens with two attached hydrogens (primary N) is 1. The minimum absolute atomic E-state index is 0.0159. The Hall–Kier alpha value is -1.82. The second-order valence-corrected chi connectivity index (χ2v) is 4.64. The predicted molar refractivity (Wildman–Crippen MR) is 71.3 cm³/mol. The van der Waals surface area contributed by atoms with E-state index in [9.17, 15) is 10.1 Å². The molecule has 6 nitrogen and oxygen atoms in total. The highest BCUT2D eigenvalue weighted by atomic mass is 16.6. The number of hydrogen-bond acceptors (Lipinski definition) is 5. The van der Waals surface area contributed by atoms with E-state index in [0.717, 1.165) is 12.8 Å². The highest BCUT2D eigenvalue weighted by Crippen LogP contribution is 2.40. The van der Waals surface area contributed by atoms with E-state index in [-0.39, 0.29) is 5.69 Å². The molecule has 0 aromatic heterocycles. The van der Waals surface area contributed by atoms with E-state index >= 15 is 0 Å². The zero-order valence-electron chi connectivity index (χ0n) is 10.3. The Morgan fingerprint density at radius 3 is 2.83 bits per heavy atom. The highest BCUT2D eigenvalue weighted by molar-refractivity contribution is 5.76. The number of nitro benzene ring substituents is 1. The van der Waals surface area contributed by atoms with Crippen molar-refractivity contribution in [1.82, 2.24) is 0 Å². The Balaban J connectivity index is 2.15. The third-order valence-electron chi connectivity index (χ3n) is 3.30. The Kier molecular flexibility index (Phi) is 3.66. The molecule has 0 bridgehead atoms. The minimum atomic E-state index is -0.408. The van der Waals surface area contributed by atoms with Crippen LogP contribution >= 0.6 is 0 Å². The van der Waals surface area contributed by atoms with E-state index < -0.39 is 4.92 Å². The molecule has 98 valence electrons. The van der Waals surface area contributed by atoms with Crippen LogP contribution in [0.15, 0.2) is 18.2 Å². The molecule has 1 aliphatic carbocycles. The average molecular weight is 250 g/mol. The van der Waals surface area contributed by atoms with Crippen molar-refractivity contribution in [3.63, 3.8) is 0 Å². The van der Waals surface area contributed by atoms with Gasteiger partial charge in [-0.3, -0.25) is 16.0 Å². The summed E-state index contributed by atoms with van der Waals surface area (Å²) in [7, 11) is 0. The maximum atomic E-state index is 11.1. The summed E-state index contributed by atoms with van der Waals surface area (Å²) in [6, 6.07) is 5.43. The minimum Gasteiger partial charge on any atom is -0.376 e. The molecule has 6 heteroatoms. The lowest BCUT2D eigenvalue weighted by atomic mass is 10.2. The first-order chi connectivity index (χ1) is 8.67. The van der Waals surface area contributed by atoms with Gasteiger partial charge in [0.2, 0.25) is 0 Å². The molecule has 2 atom stereocenters. The van der Waals surface area contributed by atoms with Crippen LogP contribution in [0.4, 0.5) is 17.1 Å². The summed E-state index contributed by atoms with van der Waals surface area (Å²) in [4.78, 5) is 10.7. The Morgan fingerprint density at radius 2 is 2.22 bits per heavy atom. The number of hydrazine groups is 1. The van der Waals surface area contributed by atoms with Gasteiger partial charge in [0.05, 0.1) is 4.92 Å². The number of anilines is 2. The van der Waals surface area contributed by atoms with Gasteiger partial charge in [-0.25, -0.2) is 0 Å². The van der Waals surface area contributed by atoms with E-state index in [1.54, 1.807) is 18.2 Å². The molecule has 0 radical (unpaired) electrons. The molecule has 0 saturated heterocycles. The molecule has 1 aromatic rings. The third kappa shape index (κ3) is 2.53. The van der Waals surface area contributed by atoms with Gasteiger partial charge in [0.25, 0.3) is 0 Å². The summed E-state index contributed by atoms with van der Waals surface area (Å²) in [5.41, 5.74) is 3.25. The zero-order chi connectivity index (χ0) is 13.1.